The summed E-state index contributed by atoms with van der Waals surface area (Å²) in [5.74, 6) is -0.148. The Morgan fingerprint density at radius 1 is 1.25 bits per heavy atom. The molecule has 0 spiro atoms. The minimum Gasteiger partial charge on any atom is -0.383 e. The zero-order valence-corrected chi connectivity index (χ0v) is 14.0. The summed E-state index contributed by atoms with van der Waals surface area (Å²) in [6, 6.07) is 10.9. The van der Waals surface area contributed by atoms with Crippen LogP contribution in [0.15, 0.2) is 46.6 Å². The SMILES string of the molecule is COCCn1nc(CNC(=O)c2cccs2)c2ccccc2c1=O. The van der Waals surface area contributed by atoms with E-state index < -0.39 is 0 Å². The van der Waals surface area contributed by atoms with E-state index in [1.807, 2.05) is 29.6 Å². The molecule has 1 aromatic carbocycles. The molecule has 2 heterocycles. The first-order valence-corrected chi connectivity index (χ1v) is 8.38. The van der Waals surface area contributed by atoms with Gasteiger partial charge in [-0.05, 0) is 17.5 Å². The third kappa shape index (κ3) is 3.37. The summed E-state index contributed by atoms with van der Waals surface area (Å²) < 4.78 is 6.42. The van der Waals surface area contributed by atoms with E-state index in [1.165, 1.54) is 16.0 Å². The largest absolute Gasteiger partial charge is 0.383 e. The molecule has 0 aliphatic rings. The number of hydrogen-bond donors (Lipinski definition) is 1. The molecule has 0 aliphatic heterocycles. The molecule has 0 bridgehead atoms. The maximum atomic E-state index is 12.5. The molecule has 0 atom stereocenters. The van der Waals surface area contributed by atoms with Crippen molar-refractivity contribution in [3.05, 3.63) is 62.7 Å². The molecule has 2 aromatic heterocycles. The molecule has 7 heteroatoms. The molecule has 124 valence electrons. The summed E-state index contributed by atoms with van der Waals surface area (Å²) in [7, 11) is 1.58. The Bertz CT molecular complexity index is 903. The second-order valence-corrected chi connectivity index (χ2v) is 6.12. The van der Waals surface area contributed by atoms with Crippen LogP contribution in [0.25, 0.3) is 10.8 Å². The highest BCUT2D eigenvalue weighted by molar-refractivity contribution is 7.12. The number of benzene rings is 1. The van der Waals surface area contributed by atoms with Gasteiger partial charge >= 0.3 is 0 Å². The highest BCUT2D eigenvalue weighted by Crippen LogP contribution is 2.14. The molecule has 0 saturated carbocycles. The Morgan fingerprint density at radius 3 is 2.75 bits per heavy atom. The van der Waals surface area contributed by atoms with Crippen LogP contribution in [0, 0.1) is 0 Å². The predicted molar refractivity (Wildman–Crippen MR) is 93.4 cm³/mol. The number of carbonyl (C=O) groups is 1. The molecule has 0 saturated heterocycles. The van der Waals surface area contributed by atoms with Gasteiger partial charge in [-0.15, -0.1) is 11.3 Å². The van der Waals surface area contributed by atoms with Gasteiger partial charge in [0.2, 0.25) is 0 Å². The van der Waals surface area contributed by atoms with Gasteiger partial charge in [-0.2, -0.15) is 5.10 Å². The van der Waals surface area contributed by atoms with Crippen LogP contribution in [-0.4, -0.2) is 29.4 Å². The first kappa shape index (κ1) is 16.4. The van der Waals surface area contributed by atoms with Crippen LogP contribution in [0.5, 0.6) is 0 Å². The van der Waals surface area contributed by atoms with E-state index in [4.69, 9.17) is 4.74 Å². The normalized spacial score (nSPS) is 10.9. The van der Waals surface area contributed by atoms with Crippen LogP contribution in [0.4, 0.5) is 0 Å². The average molecular weight is 343 g/mol. The number of carbonyl (C=O) groups excluding carboxylic acids is 1. The van der Waals surface area contributed by atoms with Crippen molar-refractivity contribution < 1.29 is 9.53 Å². The average Bonchev–Trinajstić information content (AvgIpc) is 3.15. The van der Waals surface area contributed by atoms with Gasteiger partial charge in [0.25, 0.3) is 11.5 Å². The van der Waals surface area contributed by atoms with Crippen molar-refractivity contribution >= 4 is 28.0 Å². The zero-order chi connectivity index (χ0) is 16.9. The van der Waals surface area contributed by atoms with Gasteiger partial charge in [0, 0.05) is 12.5 Å². The number of methoxy groups -OCH3 is 1. The van der Waals surface area contributed by atoms with Gasteiger partial charge in [-0.1, -0.05) is 24.3 Å². The van der Waals surface area contributed by atoms with Crippen molar-refractivity contribution in [2.75, 3.05) is 13.7 Å². The number of ether oxygens (including phenoxy) is 1. The Hall–Kier alpha value is -2.51. The number of nitrogens with zero attached hydrogens (tertiary/aromatic N) is 2. The second-order valence-electron chi connectivity index (χ2n) is 5.17. The fraction of sp³-hybridized carbons (Fsp3) is 0.235. The van der Waals surface area contributed by atoms with Crippen molar-refractivity contribution in [2.24, 2.45) is 0 Å². The minimum absolute atomic E-state index is 0.148. The highest BCUT2D eigenvalue weighted by Gasteiger charge is 2.12. The van der Waals surface area contributed by atoms with Crippen molar-refractivity contribution in [3.8, 4) is 0 Å². The van der Waals surface area contributed by atoms with Crippen molar-refractivity contribution in [3.63, 3.8) is 0 Å². The lowest BCUT2D eigenvalue weighted by Crippen LogP contribution is -2.29. The molecular formula is C17H17N3O3S. The van der Waals surface area contributed by atoms with Gasteiger partial charge in [0.05, 0.1) is 35.7 Å². The molecule has 1 amide bonds. The summed E-state index contributed by atoms with van der Waals surface area (Å²) in [6.45, 7) is 1.02. The van der Waals surface area contributed by atoms with Crippen LogP contribution in [-0.2, 0) is 17.8 Å². The number of hydrogen-bond acceptors (Lipinski definition) is 5. The van der Waals surface area contributed by atoms with Gasteiger partial charge in [-0.3, -0.25) is 9.59 Å². The molecule has 0 radical (unpaired) electrons. The first-order valence-electron chi connectivity index (χ1n) is 7.50. The van der Waals surface area contributed by atoms with Crippen LogP contribution in [0.1, 0.15) is 15.4 Å². The third-order valence-electron chi connectivity index (χ3n) is 3.61. The number of fused-ring (bicyclic) bond motifs is 1. The van der Waals surface area contributed by atoms with E-state index in [2.05, 4.69) is 10.4 Å². The molecule has 0 aliphatic carbocycles. The fourth-order valence-corrected chi connectivity index (χ4v) is 3.06. The molecule has 3 rings (SSSR count). The van der Waals surface area contributed by atoms with Crippen LogP contribution in [0.2, 0.25) is 0 Å². The summed E-state index contributed by atoms with van der Waals surface area (Å²) in [6.07, 6.45) is 0. The predicted octanol–water partition coefficient (Wildman–Crippen LogP) is 2.03. The maximum Gasteiger partial charge on any atom is 0.274 e. The lowest BCUT2D eigenvalue weighted by Gasteiger charge is -2.11. The Balaban J connectivity index is 1.92. The van der Waals surface area contributed by atoms with Crippen LogP contribution in [0.3, 0.4) is 0 Å². The van der Waals surface area contributed by atoms with Crippen molar-refractivity contribution in [2.45, 2.75) is 13.1 Å². The Labute approximate surface area is 142 Å². The lowest BCUT2D eigenvalue weighted by atomic mass is 10.1. The second kappa shape index (κ2) is 7.37. The third-order valence-corrected chi connectivity index (χ3v) is 4.48. The first-order chi connectivity index (χ1) is 11.7. The quantitative estimate of drug-likeness (QED) is 0.743. The number of aromatic nitrogens is 2. The Morgan fingerprint density at radius 2 is 2.04 bits per heavy atom. The number of rotatable bonds is 6. The fourth-order valence-electron chi connectivity index (χ4n) is 2.42. The summed E-state index contributed by atoms with van der Waals surface area (Å²) >= 11 is 1.38. The van der Waals surface area contributed by atoms with Gasteiger partial charge in [0.1, 0.15) is 0 Å². The molecule has 6 nitrogen and oxygen atoms in total. The van der Waals surface area contributed by atoms with E-state index in [-0.39, 0.29) is 18.0 Å². The topological polar surface area (TPSA) is 73.2 Å². The van der Waals surface area contributed by atoms with Gasteiger partial charge in [-0.25, -0.2) is 4.68 Å². The molecule has 24 heavy (non-hydrogen) atoms. The molecule has 3 aromatic rings. The van der Waals surface area contributed by atoms with E-state index in [0.29, 0.717) is 29.1 Å². The van der Waals surface area contributed by atoms with Crippen molar-refractivity contribution in [1.82, 2.24) is 15.1 Å². The Kier molecular flexibility index (Phi) is 5.02. The number of nitrogens with one attached hydrogen (secondary N) is 1. The van der Waals surface area contributed by atoms with E-state index in [9.17, 15) is 9.59 Å². The number of amides is 1. The molecule has 1 N–H and O–H groups in total. The number of thiophene rings is 1. The van der Waals surface area contributed by atoms with E-state index >= 15 is 0 Å². The van der Waals surface area contributed by atoms with E-state index in [1.54, 1.807) is 19.2 Å². The van der Waals surface area contributed by atoms with E-state index in [0.717, 1.165) is 5.39 Å². The molecule has 0 unspecified atom stereocenters. The zero-order valence-electron chi connectivity index (χ0n) is 13.2. The van der Waals surface area contributed by atoms with Crippen LogP contribution >= 0.6 is 11.3 Å². The molecule has 0 fully saturated rings. The van der Waals surface area contributed by atoms with Crippen molar-refractivity contribution in [1.29, 1.82) is 0 Å². The standard InChI is InChI=1S/C17H17N3O3S/c1-23-9-8-20-17(22)13-6-3-2-5-12(13)14(19-20)11-18-16(21)15-7-4-10-24-15/h2-7,10H,8-9,11H2,1H3,(H,18,21). The van der Waals surface area contributed by atoms with Gasteiger partial charge in [0.15, 0.2) is 0 Å². The monoisotopic (exact) mass is 343 g/mol. The van der Waals surface area contributed by atoms with Crippen LogP contribution < -0.4 is 10.9 Å². The summed E-state index contributed by atoms with van der Waals surface area (Å²) in [5.41, 5.74) is 0.502. The lowest BCUT2D eigenvalue weighted by molar-refractivity contribution is 0.0954. The minimum atomic E-state index is -0.156. The highest BCUT2D eigenvalue weighted by atomic mass is 32.1. The maximum absolute atomic E-state index is 12.5. The summed E-state index contributed by atoms with van der Waals surface area (Å²) in [4.78, 5) is 25.2. The smallest absolute Gasteiger partial charge is 0.274 e. The summed E-state index contributed by atoms with van der Waals surface area (Å²) in [5, 5.41) is 10.5. The van der Waals surface area contributed by atoms with Gasteiger partial charge < -0.3 is 10.1 Å². The molecular weight excluding hydrogens is 326 g/mol.